The van der Waals surface area contributed by atoms with Crippen LogP contribution in [0.15, 0.2) is 78.0 Å². The molecule has 1 N–H and O–H groups in total. The fourth-order valence-corrected chi connectivity index (χ4v) is 8.31. The summed E-state index contributed by atoms with van der Waals surface area (Å²) >= 11 is 0. The number of nitrogens with zero attached hydrogens (tertiary/aromatic N) is 8. The van der Waals surface area contributed by atoms with Gasteiger partial charge in [0.05, 0.1) is 35.1 Å². The number of fused-ring (bicyclic) bond motifs is 1. The summed E-state index contributed by atoms with van der Waals surface area (Å²) in [5, 5.41) is 7.92. The predicted molar refractivity (Wildman–Crippen MR) is 213 cm³/mol. The predicted octanol–water partition coefficient (Wildman–Crippen LogP) is 3.84. The number of aromatic nitrogens is 4. The molecule has 0 atom stereocenters. The van der Waals surface area contributed by atoms with E-state index in [1.54, 1.807) is 28.0 Å². The van der Waals surface area contributed by atoms with Crippen molar-refractivity contribution < 1.29 is 27.6 Å². The molecule has 5 heterocycles. The summed E-state index contributed by atoms with van der Waals surface area (Å²) in [4.78, 5) is 69.6. The SMILES string of the molecule is O=C(CN1CCN(CC2CCN(C(=O)c3c(F)cc(-c4cnccn4)cc3F)CC2)CC1)N1CCN(C(=O)c2cc(Cc3n[nH]c(=O)c4ccccc34)ccc2F)CC1. The number of aromatic amines is 1. The molecule has 3 aliphatic rings. The lowest BCUT2D eigenvalue weighted by Gasteiger charge is -2.40. The molecule has 59 heavy (non-hydrogen) atoms. The number of likely N-dealkylation sites (tertiary alicyclic amines) is 1. The third-order valence-electron chi connectivity index (χ3n) is 11.7. The van der Waals surface area contributed by atoms with Crippen LogP contribution in [0.1, 0.15) is 44.8 Å². The zero-order valence-corrected chi connectivity index (χ0v) is 32.5. The average Bonchev–Trinajstić information content (AvgIpc) is 3.26. The summed E-state index contributed by atoms with van der Waals surface area (Å²) in [6.07, 6.45) is 6.05. The molecule has 3 aliphatic heterocycles. The van der Waals surface area contributed by atoms with Crippen LogP contribution in [0.2, 0.25) is 0 Å². The number of halogens is 3. The Morgan fingerprint density at radius 2 is 1.37 bits per heavy atom. The normalized spacial score (nSPS) is 17.1. The van der Waals surface area contributed by atoms with Gasteiger partial charge in [-0.2, -0.15) is 5.10 Å². The number of amides is 3. The third-order valence-corrected chi connectivity index (χ3v) is 11.7. The maximum atomic E-state index is 15.0. The van der Waals surface area contributed by atoms with Gasteiger partial charge < -0.3 is 19.6 Å². The molecule has 5 aromatic rings. The first-order valence-corrected chi connectivity index (χ1v) is 19.9. The number of hydrogen-bond acceptors (Lipinski definition) is 9. The first kappa shape index (κ1) is 39.8. The Kier molecular flexibility index (Phi) is 11.8. The number of rotatable bonds is 9. The summed E-state index contributed by atoms with van der Waals surface area (Å²) in [6.45, 7) is 6.28. The fraction of sp³-hybridized carbons (Fsp3) is 0.372. The Morgan fingerprint density at radius 3 is 2.07 bits per heavy atom. The third kappa shape index (κ3) is 8.88. The summed E-state index contributed by atoms with van der Waals surface area (Å²) < 4.78 is 45.0. The van der Waals surface area contributed by atoms with E-state index < -0.39 is 34.8 Å². The van der Waals surface area contributed by atoms with Gasteiger partial charge in [0.15, 0.2) is 0 Å². The van der Waals surface area contributed by atoms with E-state index in [0.29, 0.717) is 79.3 Å². The quantitative estimate of drug-likeness (QED) is 0.236. The van der Waals surface area contributed by atoms with Crippen LogP contribution in [-0.2, 0) is 11.2 Å². The molecule has 2 aromatic heterocycles. The van der Waals surface area contributed by atoms with E-state index in [4.69, 9.17) is 0 Å². The molecule has 0 aliphatic carbocycles. The van der Waals surface area contributed by atoms with Crippen LogP contribution in [-0.4, -0.2) is 141 Å². The number of hydrogen-bond donors (Lipinski definition) is 1. The number of H-pyrrole nitrogens is 1. The van der Waals surface area contributed by atoms with Gasteiger partial charge in [0.25, 0.3) is 17.4 Å². The molecule has 306 valence electrons. The summed E-state index contributed by atoms with van der Waals surface area (Å²) in [5.41, 5.74) is 0.934. The van der Waals surface area contributed by atoms with Crippen molar-refractivity contribution in [3.8, 4) is 11.3 Å². The van der Waals surface area contributed by atoms with Crippen LogP contribution in [0.4, 0.5) is 13.2 Å². The summed E-state index contributed by atoms with van der Waals surface area (Å²) in [5.74, 6) is -3.22. The van der Waals surface area contributed by atoms with Gasteiger partial charge in [-0.1, -0.05) is 24.3 Å². The highest BCUT2D eigenvalue weighted by Crippen LogP contribution is 2.27. The first-order chi connectivity index (χ1) is 28.6. The molecule has 0 unspecified atom stereocenters. The van der Waals surface area contributed by atoms with Crippen molar-refractivity contribution in [2.24, 2.45) is 5.92 Å². The highest BCUT2D eigenvalue weighted by molar-refractivity contribution is 5.96. The lowest BCUT2D eigenvalue weighted by Crippen LogP contribution is -2.55. The standard InChI is InChI=1S/C43H44F3N9O4/c44-34-6-5-29(22-37-31-3-1-2-4-32(31)41(57)50-49-37)21-33(34)42(58)55-19-17-53(18-20-55)39(56)27-52-15-13-51(14-16-52)26-28-7-11-54(12-8-28)43(59)40-35(45)23-30(24-36(40)46)38-25-47-9-10-48-38/h1-6,9-10,21,23-25,28H,7-8,11-20,22,26-27H2,(H,50,57). The lowest BCUT2D eigenvalue weighted by molar-refractivity contribution is -0.134. The van der Waals surface area contributed by atoms with Gasteiger partial charge in [-0.15, -0.1) is 0 Å². The number of benzene rings is 3. The molecular weight excluding hydrogens is 764 g/mol. The monoisotopic (exact) mass is 807 g/mol. The molecule has 3 amide bonds. The molecule has 13 nitrogen and oxygen atoms in total. The van der Waals surface area contributed by atoms with Gasteiger partial charge in [-0.3, -0.25) is 34.0 Å². The minimum atomic E-state index is -0.922. The Labute approximate surface area is 338 Å². The number of piperidine rings is 1. The molecule has 8 rings (SSSR count). The number of carbonyl (C=O) groups is 3. The van der Waals surface area contributed by atoms with E-state index in [1.807, 2.05) is 12.1 Å². The number of carbonyl (C=O) groups excluding carboxylic acids is 3. The fourth-order valence-electron chi connectivity index (χ4n) is 8.31. The Hall–Kier alpha value is -6.00. The molecule has 0 saturated carbocycles. The molecule has 0 spiro atoms. The van der Waals surface area contributed by atoms with Gasteiger partial charge in [0.1, 0.15) is 23.0 Å². The number of nitrogens with one attached hydrogen (secondary N) is 1. The van der Waals surface area contributed by atoms with Crippen molar-refractivity contribution in [3.05, 3.63) is 123 Å². The van der Waals surface area contributed by atoms with E-state index in [2.05, 4.69) is 30.0 Å². The van der Waals surface area contributed by atoms with Crippen molar-refractivity contribution in [1.82, 2.24) is 44.7 Å². The van der Waals surface area contributed by atoms with Crippen LogP contribution >= 0.6 is 0 Å². The molecule has 0 radical (unpaired) electrons. The van der Waals surface area contributed by atoms with E-state index in [9.17, 15) is 23.6 Å². The van der Waals surface area contributed by atoms with Crippen LogP contribution in [0.3, 0.4) is 0 Å². The van der Waals surface area contributed by atoms with Crippen LogP contribution in [0.5, 0.6) is 0 Å². The maximum Gasteiger partial charge on any atom is 0.272 e. The molecule has 16 heteroatoms. The summed E-state index contributed by atoms with van der Waals surface area (Å²) in [6, 6.07) is 13.8. The van der Waals surface area contributed by atoms with Crippen LogP contribution in [0, 0.1) is 23.4 Å². The smallest absolute Gasteiger partial charge is 0.272 e. The highest BCUT2D eigenvalue weighted by atomic mass is 19.1. The Bertz CT molecular complexity index is 2390. The van der Waals surface area contributed by atoms with Crippen LogP contribution < -0.4 is 5.56 Å². The maximum absolute atomic E-state index is 15.0. The van der Waals surface area contributed by atoms with Crippen molar-refractivity contribution in [2.45, 2.75) is 19.3 Å². The van der Waals surface area contributed by atoms with Crippen molar-refractivity contribution in [1.29, 1.82) is 0 Å². The zero-order chi connectivity index (χ0) is 41.0. The molecule has 3 aromatic carbocycles. The minimum absolute atomic E-state index is 0.00681. The van der Waals surface area contributed by atoms with Crippen molar-refractivity contribution in [3.63, 3.8) is 0 Å². The Balaban J connectivity index is 0.765. The molecule has 0 bridgehead atoms. The highest BCUT2D eigenvalue weighted by Gasteiger charge is 2.31. The summed E-state index contributed by atoms with van der Waals surface area (Å²) in [7, 11) is 0. The van der Waals surface area contributed by atoms with Crippen molar-refractivity contribution >= 4 is 28.5 Å². The molecular formula is C43H44F3N9O4. The van der Waals surface area contributed by atoms with Crippen LogP contribution in [0.25, 0.3) is 22.0 Å². The molecule has 3 saturated heterocycles. The topological polar surface area (TPSA) is 139 Å². The average molecular weight is 808 g/mol. The molecule has 3 fully saturated rings. The Morgan fingerprint density at radius 1 is 0.712 bits per heavy atom. The minimum Gasteiger partial charge on any atom is -0.338 e. The van der Waals surface area contributed by atoms with Gasteiger partial charge in [-0.05, 0) is 54.7 Å². The largest absolute Gasteiger partial charge is 0.338 e. The second-order valence-electron chi connectivity index (χ2n) is 15.4. The van der Waals surface area contributed by atoms with Gasteiger partial charge in [0.2, 0.25) is 5.91 Å². The van der Waals surface area contributed by atoms with E-state index in [-0.39, 0.29) is 29.1 Å². The number of piperazine rings is 2. The van der Waals surface area contributed by atoms with Crippen molar-refractivity contribution in [2.75, 3.05) is 78.5 Å². The van der Waals surface area contributed by atoms with Gasteiger partial charge >= 0.3 is 0 Å². The first-order valence-electron chi connectivity index (χ1n) is 19.9. The second kappa shape index (κ2) is 17.5. The van der Waals surface area contributed by atoms with E-state index in [1.165, 1.54) is 35.6 Å². The van der Waals surface area contributed by atoms with Gasteiger partial charge in [-0.25, -0.2) is 18.3 Å². The van der Waals surface area contributed by atoms with E-state index >= 15 is 8.78 Å². The van der Waals surface area contributed by atoms with Gasteiger partial charge in [0, 0.05) is 102 Å². The zero-order valence-electron chi connectivity index (χ0n) is 32.5. The lowest BCUT2D eigenvalue weighted by atomic mass is 9.95. The van der Waals surface area contributed by atoms with E-state index in [0.717, 1.165) is 57.7 Å². The second-order valence-corrected chi connectivity index (χ2v) is 15.4.